The van der Waals surface area contributed by atoms with Gasteiger partial charge in [-0.25, -0.2) is 4.98 Å². The van der Waals surface area contributed by atoms with Crippen molar-refractivity contribution >= 4 is 15.9 Å². The van der Waals surface area contributed by atoms with Crippen LogP contribution in [0.5, 0.6) is 5.88 Å². The summed E-state index contributed by atoms with van der Waals surface area (Å²) in [5, 5.41) is 0. The van der Waals surface area contributed by atoms with Gasteiger partial charge in [0.2, 0.25) is 5.88 Å². The molecule has 1 aliphatic rings. The summed E-state index contributed by atoms with van der Waals surface area (Å²) < 4.78 is 6.39. The van der Waals surface area contributed by atoms with Crippen molar-refractivity contribution < 1.29 is 4.74 Å². The van der Waals surface area contributed by atoms with E-state index in [0.29, 0.717) is 11.8 Å². The number of halogens is 1. The molecule has 15 heavy (non-hydrogen) atoms. The van der Waals surface area contributed by atoms with E-state index >= 15 is 0 Å². The Kier molecular flexibility index (Phi) is 3.57. The fraction of sp³-hybridized carbons (Fsp3) is 0.636. The lowest BCUT2D eigenvalue weighted by atomic mass is 10.4. The number of ether oxygens (including phenoxy) is 1. The average Bonchev–Trinajstić information content (AvgIpc) is 3.00. The fourth-order valence-electron chi connectivity index (χ4n) is 1.33. The molecule has 0 saturated heterocycles. The molecule has 0 N–H and O–H groups in total. The normalized spacial score (nSPS) is 15.3. The lowest BCUT2D eigenvalue weighted by Gasteiger charge is -2.06. The van der Waals surface area contributed by atoms with Gasteiger partial charge in [-0.05, 0) is 35.2 Å². The molecule has 0 unspecified atom stereocenters. The maximum Gasteiger partial charge on any atom is 0.217 e. The van der Waals surface area contributed by atoms with E-state index in [1.165, 1.54) is 12.8 Å². The molecule has 1 heterocycles. The van der Waals surface area contributed by atoms with Crippen LogP contribution in [0.4, 0.5) is 0 Å². The van der Waals surface area contributed by atoms with Crippen LogP contribution in [0.15, 0.2) is 10.7 Å². The molecule has 0 amide bonds. The van der Waals surface area contributed by atoms with Gasteiger partial charge in [-0.2, -0.15) is 4.98 Å². The minimum atomic E-state index is 0.566. The summed E-state index contributed by atoms with van der Waals surface area (Å²) in [5.41, 5.74) is 0. The maximum atomic E-state index is 5.56. The predicted octanol–water partition coefficient (Wildman–Crippen LogP) is 3.30. The Bertz CT molecular complexity index is 339. The quantitative estimate of drug-likeness (QED) is 0.608. The van der Waals surface area contributed by atoms with Crippen molar-refractivity contribution in [3.63, 3.8) is 0 Å². The average molecular weight is 271 g/mol. The van der Waals surface area contributed by atoms with Gasteiger partial charge in [0.05, 0.1) is 6.61 Å². The van der Waals surface area contributed by atoms with Crippen LogP contribution in [0.1, 0.15) is 44.3 Å². The lowest BCUT2D eigenvalue weighted by Crippen LogP contribution is -2.01. The molecule has 82 valence electrons. The van der Waals surface area contributed by atoms with Gasteiger partial charge in [0.25, 0.3) is 0 Å². The molecule has 1 aliphatic carbocycles. The van der Waals surface area contributed by atoms with Crippen molar-refractivity contribution in [3.05, 3.63) is 16.5 Å². The predicted molar refractivity (Wildman–Crippen MR) is 62.1 cm³/mol. The minimum Gasteiger partial charge on any atom is -0.478 e. The standard InChI is InChI=1S/C11H15BrN2O/c1-2-3-6-15-10-7-9(12)13-11(14-10)8-4-5-8/h7-8H,2-6H2,1H3. The lowest BCUT2D eigenvalue weighted by molar-refractivity contribution is 0.296. The summed E-state index contributed by atoms with van der Waals surface area (Å²) in [5.74, 6) is 2.19. The topological polar surface area (TPSA) is 35.0 Å². The molecule has 1 fully saturated rings. The molecule has 4 heteroatoms. The summed E-state index contributed by atoms with van der Waals surface area (Å²) >= 11 is 3.39. The number of hydrogen-bond acceptors (Lipinski definition) is 3. The zero-order valence-electron chi connectivity index (χ0n) is 8.87. The van der Waals surface area contributed by atoms with E-state index in [1.54, 1.807) is 0 Å². The number of unbranched alkanes of at least 4 members (excludes halogenated alkanes) is 1. The maximum absolute atomic E-state index is 5.56. The Morgan fingerprint density at radius 1 is 1.47 bits per heavy atom. The van der Waals surface area contributed by atoms with E-state index in [-0.39, 0.29) is 0 Å². The van der Waals surface area contributed by atoms with Crippen LogP contribution < -0.4 is 4.74 Å². The molecule has 0 atom stereocenters. The van der Waals surface area contributed by atoms with Crippen molar-refractivity contribution in [2.24, 2.45) is 0 Å². The third-order valence-corrected chi connectivity index (χ3v) is 2.79. The van der Waals surface area contributed by atoms with Gasteiger partial charge in [0, 0.05) is 12.0 Å². The van der Waals surface area contributed by atoms with E-state index in [1.807, 2.05) is 6.07 Å². The molecular formula is C11H15BrN2O. The molecule has 3 nitrogen and oxygen atoms in total. The summed E-state index contributed by atoms with van der Waals surface area (Å²) in [6, 6.07) is 1.83. The van der Waals surface area contributed by atoms with E-state index < -0.39 is 0 Å². The third-order valence-electron chi connectivity index (χ3n) is 2.38. The monoisotopic (exact) mass is 270 g/mol. The molecule has 0 radical (unpaired) electrons. The van der Waals surface area contributed by atoms with Crippen LogP contribution in [-0.2, 0) is 0 Å². The minimum absolute atomic E-state index is 0.566. The fourth-order valence-corrected chi connectivity index (χ4v) is 1.71. The van der Waals surface area contributed by atoms with Gasteiger partial charge in [0.15, 0.2) is 0 Å². The molecule has 0 bridgehead atoms. The second-order valence-corrected chi connectivity index (χ2v) is 4.68. The largest absolute Gasteiger partial charge is 0.478 e. The third kappa shape index (κ3) is 3.16. The summed E-state index contributed by atoms with van der Waals surface area (Å²) in [4.78, 5) is 8.75. The smallest absolute Gasteiger partial charge is 0.217 e. The van der Waals surface area contributed by atoms with Crippen molar-refractivity contribution in [2.75, 3.05) is 6.61 Å². The van der Waals surface area contributed by atoms with E-state index in [4.69, 9.17) is 4.74 Å². The molecule has 1 aromatic heterocycles. The zero-order chi connectivity index (χ0) is 10.7. The van der Waals surface area contributed by atoms with Crippen LogP contribution in [0.2, 0.25) is 0 Å². The van der Waals surface area contributed by atoms with Gasteiger partial charge in [-0.1, -0.05) is 13.3 Å². The molecule has 0 aliphatic heterocycles. The first kappa shape index (κ1) is 10.9. The summed E-state index contributed by atoms with van der Waals surface area (Å²) in [6.45, 7) is 2.89. The number of hydrogen-bond donors (Lipinski definition) is 0. The first-order valence-corrected chi connectivity index (χ1v) is 6.26. The molecule has 2 rings (SSSR count). The Morgan fingerprint density at radius 2 is 2.27 bits per heavy atom. The Hall–Kier alpha value is -0.640. The SMILES string of the molecule is CCCCOc1cc(Br)nc(C2CC2)n1. The van der Waals surface area contributed by atoms with E-state index in [0.717, 1.165) is 29.9 Å². The second kappa shape index (κ2) is 4.92. The van der Waals surface area contributed by atoms with E-state index in [2.05, 4.69) is 32.8 Å². The van der Waals surface area contributed by atoms with E-state index in [9.17, 15) is 0 Å². The van der Waals surface area contributed by atoms with Gasteiger partial charge in [-0.3, -0.25) is 0 Å². The second-order valence-electron chi connectivity index (χ2n) is 3.86. The molecule has 1 aromatic rings. The zero-order valence-corrected chi connectivity index (χ0v) is 10.5. The van der Waals surface area contributed by atoms with Crippen LogP contribution >= 0.6 is 15.9 Å². The summed E-state index contributed by atoms with van der Waals surface area (Å²) in [7, 11) is 0. The Morgan fingerprint density at radius 3 is 2.93 bits per heavy atom. The van der Waals surface area contributed by atoms with Crippen LogP contribution in [0.25, 0.3) is 0 Å². The highest BCUT2D eigenvalue weighted by Gasteiger charge is 2.27. The highest BCUT2D eigenvalue weighted by molar-refractivity contribution is 9.10. The number of rotatable bonds is 5. The van der Waals surface area contributed by atoms with Gasteiger partial charge in [-0.15, -0.1) is 0 Å². The van der Waals surface area contributed by atoms with Crippen LogP contribution in [0.3, 0.4) is 0 Å². The van der Waals surface area contributed by atoms with Crippen molar-refractivity contribution in [2.45, 2.75) is 38.5 Å². The molecule has 0 aromatic carbocycles. The van der Waals surface area contributed by atoms with Crippen molar-refractivity contribution in [1.82, 2.24) is 9.97 Å². The van der Waals surface area contributed by atoms with Crippen molar-refractivity contribution in [1.29, 1.82) is 0 Å². The number of nitrogens with zero attached hydrogens (tertiary/aromatic N) is 2. The first-order valence-electron chi connectivity index (χ1n) is 5.47. The van der Waals surface area contributed by atoms with Crippen LogP contribution in [0, 0.1) is 0 Å². The number of aromatic nitrogens is 2. The highest BCUT2D eigenvalue weighted by Crippen LogP contribution is 2.39. The van der Waals surface area contributed by atoms with Gasteiger partial charge in [0.1, 0.15) is 10.4 Å². The first-order chi connectivity index (χ1) is 7.29. The molecule has 0 spiro atoms. The van der Waals surface area contributed by atoms with Crippen molar-refractivity contribution in [3.8, 4) is 5.88 Å². The Labute approximate surface area is 98.4 Å². The Balaban J connectivity index is 2.02. The highest BCUT2D eigenvalue weighted by atomic mass is 79.9. The summed E-state index contributed by atoms with van der Waals surface area (Å²) in [6.07, 6.45) is 4.64. The molecular weight excluding hydrogens is 256 g/mol. The van der Waals surface area contributed by atoms with Gasteiger partial charge < -0.3 is 4.74 Å². The van der Waals surface area contributed by atoms with Gasteiger partial charge >= 0.3 is 0 Å². The molecule has 1 saturated carbocycles. The van der Waals surface area contributed by atoms with Crippen LogP contribution in [-0.4, -0.2) is 16.6 Å².